The number of amidine groups is 1. The number of amides is 2. The number of nitrogen functional groups attached to an aromatic ring is 1. The third kappa shape index (κ3) is 9.48. The number of halogens is 1. The number of allylic oxidation sites excluding steroid dienone is 2. The van der Waals surface area contributed by atoms with Gasteiger partial charge < -0.3 is 25.4 Å². The highest BCUT2D eigenvalue weighted by molar-refractivity contribution is 6.35. The van der Waals surface area contributed by atoms with Crippen molar-refractivity contribution in [2.24, 2.45) is 5.73 Å². The van der Waals surface area contributed by atoms with E-state index in [0.29, 0.717) is 41.5 Å². The van der Waals surface area contributed by atoms with Crippen LogP contribution in [0.15, 0.2) is 78.4 Å². The lowest BCUT2D eigenvalue weighted by molar-refractivity contribution is -0.127. The molecular weight excluding hydrogens is 532 g/mol. The van der Waals surface area contributed by atoms with Gasteiger partial charge in [-0.05, 0) is 76.0 Å². The van der Waals surface area contributed by atoms with Crippen LogP contribution in [0.2, 0.25) is 0 Å². The minimum absolute atomic E-state index is 0.00711. The van der Waals surface area contributed by atoms with Crippen molar-refractivity contribution in [2.45, 2.75) is 26.0 Å². The topological polar surface area (TPSA) is 142 Å². The van der Waals surface area contributed by atoms with E-state index in [4.69, 9.17) is 32.2 Å². The Morgan fingerprint density at radius 2 is 1.82 bits per heavy atom. The summed E-state index contributed by atoms with van der Waals surface area (Å²) in [6.45, 7) is 12.0. The van der Waals surface area contributed by atoms with Gasteiger partial charge in [-0.25, -0.2) is 0 Å². The number of anilines is 1. The second-order valence-electron chi connectivity index (χ2n) is 9.06. The number of rotatable bonds is 14. The van der Waals surface area contributed by atoms with Crippen LogP contribution in [0.4, 0.5) is 5.69 Å². The van der Waals surface area contributed by atoms with Crippen LogP contribution < -0.4 is 31.4 Å². The summed E-state index contributed by atoms with van der Waals surface area (Å²) in [5.74, 6) is -0.298. The molecule has 2 atom stereocenters. The Hall–Kier alpha value is -4.28. The molecule has 2 unspecified atom stereocenters. The Kier molecular flexibility index (Phi) is 12.3. The summed E-state index contributed by atoms with van der Waals surface area (Å²) in [6, 6.07) is 10.9. The Balaban J connectivity index is 2.41. The largest absolute Gasteiger partial charge is 0.490 e. The quantitative estimate of drug-likeness (QED) is 0.0765. The summed E-state index contributed by atoms with van der Waals surface area (Å²) in [5, 5.41) is 10.8. The maximum atomic E-state index is 13.4. The highest BCUT2D eigenvalue weighted by atomic mass is 35.5. The highest BCUT2D eigenvalue weighted by Gasteiger charge is 2.24. The second kappa shape index (κ2) is 15.3. The molecule has 0 heterocycles. The molecule has 0 spiro atoms. The molecular formula is C29H37ClN6O4. The molecule has 214 valence electrons. The van der Waals surface area contributed by atoms with Gasteiger partial charge in [-0.15, -0.1) is 0 Å². The summed E-state index contributed by atoms with van der Waals surface area (Å²) in [6.07, 6.45) is 2.66. The van der Waals surface area contributed by atoms with E-state index in [0.717, 1.165) is 0 Å². The van der Waals surface area contributed by atoms with Crippen LogP contribution in [0, 0.1) is 5.41 Å². The average molecular weight is 569 g/mol. The van der Waals surface area contributed by atoms with Crippen LogP contribution in [0.5, 0.6) is 11.5 Å². The predicted octanol–water partition coefficient (Wildman–Crippen LogP) is 3.86. The van der Waals surface area contributed by atoms with Gasteiger partial charge in [-0.1, -0.05) is 36.9 Å². The number of carbonyl (C=O) groups is 2. The summed E-state index contributed by atoms with van der Waals surface area (Å²) in [5.41, 5.74) is 12.1. The van der Waals surface area contributed by atoms with Gasteiger partial charge >= 0.3 is 0 Å². The molecule has 0 aromatic heterocycles. The number of nitrogens with zero attached hydrogens (tertiary/aromatic N) is 1. The smallest absolute Gasteiger partial charge is 0.271 e. The maximum Gasteiger partial charge on any atom is 0.271 e. The van der Waals surface area contributed by atoms with Gasteiger partial charge in [-0.3, -0.25) is 25.8 Å². The van der Waals surface area contributed by atoms with Crippen molar-refractivity contribution < 1.29 is 19.1 Å². The number of ether oxygens (including phenoxy) is 2. The van der Waals surface area contributed by atoms with Crippen molar-refractivity contribution in [3.63, 3.8) is 0 Å². The molecule has 11 heteroatoms. The molecule has 2 aromatic rings. The van der Waals surface area contributed by atoms with Gasteiger partial charge in [0, 0.05) is 22.8 Å². The van der Waals surface area contributed by atoms with E-state index in [2.05, 4.69) is 29.3 Å². The first-order valence-corrected chi connectivity index (χ1v) is 12.9. The molecule has 6 N–H and O–H groups in total. The molecule has 0 bridgehead atoms. The number of nitrogens with one attached hydrogen (secondary N) is 4. The lowest BCUT2D eigenvalue weighted by Crippen LogP contribution is -2.46. The van der Waals surface area contributed by atoms with Crippen molar-refractivity contribution in [3.8, 4) is 11.5 Å². The molecule has 0 saturated carbocycles. The molecule has 0 aliphatic rings. The molecule has 2 aromatic carbocycles. The fraction of sp³-hybridized carbons (Fsp3) is 0.276. The highest BCUT2D eigenvalue weighted by Crippen LogP contribution is 2.33. The Labute approximate surface area is 240 Å². The van der Waals surface area contributed by atoms with Crippen LogP contribution >= 0.6 is 11.6 Å². The molecule has 0 aliphatic heterocycles. The first kappa shape index (κ1) is 31.9. The Morgan fingerprint density at radius 1 is 1.15 bits per heavy atom. The van der Waals surface area contributed by atoms with Crippen LogP contribution in [0.1, 0.15) is 31.0 Å². The number of hydrazine groups is 1. The van der Waals surface area contributed by atoms with Gasteiger partial charge in [0.15, 0.2) is 11.5 Å². The zero-order valence-electron chi connectivity index (χ0n) is 23.2. The number of hydrogen-bond acceptors (Lipinski definition) is 7. The van der Waals surface area contributed by atoms with E-state index in [9.17, 15) is 9.59 Å². The minimum Gasteiger partial charge on any atom is -0.490 e. The first-order valence-electron chi connectivity index (χ1n) is 12.5. The normalized spacial score (nSPS) is 12.6. The molecule has 2 rings (SSSR count). The Bertz CT molecular complexity index is 1260. The summed E-state index contributed by atoms with van der Waals surface area (Å²) in [7, 11) is 3.92. The molecule has 10 nitrogen and oxygen atoms in total. The molecule has 0 saturated heterocycles. The monoisotopic (exact) mass is 568 g/mol. The van der Waals surface area contributed by atoms with Crippen molar-refractivity contribution in [1.29, 1.82) is 5.41 Å². The van der Waals surface area contributed by atoms with Crippen molar-refractivity contribution in [1.82, 2.24) is 15.8 Å². The third-order valence-corrected chi connectivity index (χ3v) is 5.64. The van der Waals surface area contributed by atoms with Gasteiger partial charge in [0.1, 0.15) is 18.0 Å². The third-order valence-electron chi connectivity index (χ3n) is 5.44. The van der Waals surface area contributed by atoms with Gasteiger partial charge in [0.25, 0.3) is 11.8 Å². The fourth-order valence-corrected chi connectivity index (χ4v) is 3.86. The lowest BCUT2D eigenvalue weighted by Gasteiger charge is -2.23. The molecule has 0 fully saturated rings. The van der Waals surface area contributed by atoms with Gasteiger partial charge in [0.2, 0.25) is 0 Å². The van der Waals surface area contributed by atoms with Crippen LogP contribution in [0.3, 0.4) is 0 Å². The van der Waals surface area contributed by atoms with Crippen molar-refractivity contribution in [2.75, 3.05) is 32.6 Å². The van der Waals surface area contributed by atoms with Gasteiger partial charge in [0.05, 0.1) is 12.2 Å². The van der Waals surface area contributed by atoms with Crippen LogP contribution in [0.25, 0.3) is 0 Å². The SMILES string of the molecule is C=C/C=C(\C(=C)Cl)C(=O)NNC(=O)C(Nc1ccc(C(=N)N)cc1)c1ccc(OC(C)CN(C)C)c(OCC)c1. The second-order valence-corrected chi connectivity index (χ2v) is 9.52. The van der Waals surface area contributed by atoms with Crippen molar-refractivity contribution in [3.05, 3.63) is 89.5 Å². The molecule has 40 heavy (non-hydrogen) atoms. The fourth-order valence-electron chi connectivity index (χ4n) is 3.72. The average Bonchev–Trinajstić information content (AvgIpc) is 2.89. The standard InChI is InChI=1S/C29H37ClN6O4/c1-7-9-23(19(4)30)28(37)34-35-29(38)26(33-22-13-10-20(11-14-22)27(31)32)21-12-15-24(25(16-21)39-8-2)40-18(3)17-36(5)6/h7,9-16,18,26,33H,1,4,8,17H2,2-3,5-6H3,(H3,31,32)(H,34,37)(H,35,38)/b23-9+. The first-order chi connectivity index (χ1) is 19.0. The number of nitrogens with two attached hydrogens (primary N) is 1. The van der Waals surface area contributed by atoms with E-state index >= 15 is 0 Å². The summed E-state index contributed by atoms with van der Waals surface area (Å²) < 4.78 is 11.9. The maximum absolute atomic E-state index is 13.4. The van der Waals surface area contributed by atoms with Crippen LogP contribution in [-0.4, -0.2) is 55.9 Å². The zero-order chi connectivity index (χ0) is 29.8. The number of hydrogen-bond donors (Lipinski definition) is 5. The summed E-state index contributed by atoms with van der Waals surface area (Å²) in [4.78, 5) is 28.0. The number of carbonyl (C=O) groups excluding carboxylic acids is 2. The Morgan fingerprint density at radius 3 is 2.38 bits per heavy atom. The molecule has 0 aliphatic carbocycles. The van der Waals surface area contributed by atoms with E-state index in [1.165, 1.54) is 12.2 Å². The van der Waals surface area contributed by atoms with E-state index in [1.807, 2.05) is 32.8 Å². The minimum atomic E-state index is -0.970. The zero-order valence-corrected chi connectivity index (χ0v) is 24.0. The molecule has 0 radical (unpaired) electrons. The van der Waals surface area contributed by atoms with E-state index in [-0.39, 0.29) is 22.5 Å². The predicted molar refractivity (Wildman–Crippen MR) is 160 cm³/mol. The molecule has 2 amide bonds. The summed E-state index contributed by atoms with van der Waals surface area (Å²) >= 11 is 5.91. The number of likely N-dealkylation sites (N-methyl/N-ethyl adjacent to an activating group) is 1. The van der Waals surface area contributed by atoms with Crippen LogP contribution in [-0.2, 0) is 9.59 Å². The van der Waals surface area contributed by atoms with E-state index in [1.54, 1.807) is 42.5 Å². The van der Waals surface area contributed by atoms with Gasteiger partial charge in [-0.2, -0.15) is 0 Å². The van der Waals surface area contributed by atoms with E-state index < -0.39 is 17.9 Å². The van der Waals surface area contributed by atoms with Crippen molar-refractivity contribution >= 4 is 34.9 Å². The lowest BCUT2D eigenvalue weighted by atomic mass is 10.0. The number of benzene rings is 2.